The van der Waals surface area contributed by atoms with Crippen molar-refractivity contribution in [2.24, 2.45) is 0 Å². The van der Waals surface area contributed by atoms with Crippen molar-refractivity contribution in [3.05, 3.63) is 120 Å². The third kappa shape index (κ3) is 3.63. The van der Waals surface area contributed by atoms with E-state index in [1.807, 2.05) is 66.7 Å². The van der Waals surface area contributed by atoms with E-state index < -0.39 is 0 Å². The average Bonchev–Trinajstić information content (AvgIpc) is 3.46. The van der Waals surface area contributed by atoms with Gasteiger partial charge < -0.3 is 8.83 Å². The third-order valence-corrected chi connectivity index (χ3v) is 4.75. The van der Waals surface area contributed by atoms with E-state index in [2.05, 4.69) is 41.9 Å². The molecule has 0 radical (unpaired) electrons. The Morgan fingerprint density at radius 3 is 2.10 bits per heavy atom. The van der Waals surface area contributed by atoms with Gasteiger partial charge in [-0.2, -0.15) is 0 Å². The van der Waals surface area contributed by atoms with Crippen LogP contribution in [0, 0.1) is 23.7 Å². The van der Waals surface area contributed by atoms with E-state index in [4.69, 9.17) is 8.83 Å². The SMILES string of the molecule is C(#Cc1ccoc1C#Cc1cc(-c2ccccc2)cc2ccoc12)c1ccccc1. The molecular weight excluding hydrogens is 368 g/mol. The Morgan fingerprint density at radius 1 is 0.533 bits per heavy atom. The van der Waals surface area contributed by atoms with Crippen LogP contribution < -0.4 is 0 Å². The zero-order valence-electron chi connectivity index (χ0n) is 16.1. The minimum absolute atomic E-state index is 0.545. The van der Waals surface area contributed by atoms with E-state index in [-0.39, 0.29) is 0 Å². The molecular formula is C28H16O2. The molecule has 2 nitrogen and oxygen atoms in total. The topological polar surface area (TPSA) is 26.3 Å². The highest BCUT2D eigenvalue weighted by Crippen LogP contribution is 2.28. The van der Waals surface area contributed by atoms with Gasteiger partial charge in [-0.25, -0.2) is 0 Å². The molecule has 0 saturated heterocycles. The lowest BCUT2D eigenvalue weighted by molar-refractivity contribution is 0.553. The molecule has 0 spiro atoms. The Morgan fingerprint density at radius 2 is 1.27 bits per heavy atom. The predicted octanol–water partition coefficient (Wildman–Crippen LogP) is 6.49. The van der Waals surface area contributed by atoms with Crippen molar-refractivity contribution >= 4 is 11.0 Å². The average molecular weight is 384 g/mol. The standard InChI is InChI=1S/C28H16O2/c1-3-7-21(8-4-1)11-12-23-15-17-29-27(23)14-13-24-19-26(22-9-5-2-6-10-22)20-25-16-18-30-28(24)25/h1-10,15-20H. The van der Waals surface area contributed by atoms with Crippen molar-refractivity contribution in [1.82, 2.24) is 0 Å². The van der Waals surface area contributed by atoms with Gasteiger partial charge in [0.25, 0.3) is 0 Å². The highest BCUT2D eigenvalue weighted by molar-refractivity contribution is 5.88. The first kappa shape index (κ1) is 17.7. The molecule has 0 amide bonds. The van der Waals surface area contributed by atoms with Crippen molar-refractivity contribution in [3.63, 3.8) is 0 Å². The summed E-state index contributed by atoms with van der Waals surface area (Å²) in [6.07, 6.45) is 3.30. The summed E-state index contributed by atoms with van der Waals surface area (Å²) < 4.78 is 11.3. The molecule has 0 bridgehead atoms. The molecule has 0 aliphatic rings. The Bertz CT molecular complexity index is 1430. The van der Waals surface area contributed by atoms with E-state index in [9.17, 15) is 0 Å². The summed E-state index contributed by atoms with van der Waals surface area (Å²) in [4.78, 5) is 0. The molecule has 2 heteroatoms. The highest BCUT2D eigenvalue weighted by Gasteiger charge is 2.08. The summed E-state index contributed by atoms with van der Waals surface area (Å²) >= 11 is 0. The van der Waals surface area contributed by atoms with Gasteiger partial charge in [0.2, 0.25) is 0 Å². The van der Waals surface area contributed by atoms with E-state index >= 15 is 0 Å². The van der Waals surface area contributed by atoms with Crippen LogP contribution in [0.4, 0.5) is 0 Å². The minimum Gasteiger partial charge on any atom is -0.463 e. The summed E-state index contributed by atoms with van der Waals surface area (Å²) in [6.45, 7) is 0. The van der Waals surface area contributed by atoms with E-state index in [1.165, 1.54) is 0 Å². The first-order valence-electron chi connectivity index (χ1n) is 9.60. The smallest absolute Gasteiger partial charge is 0.192 e. The number of fused-ring (bicyclic) bond motifs is 1. The van der Waals surface area contributed by atoms with Gasteiger partial charge in [0.05, 0.1) is 23.7 Å². The zero-order valence-corrected chi connectivity index (χ0v) is 16.1. The molecule has 5 rings (SSSR count). The quantitative estimate of drug-likeness (QED) is 0.309. The van der Waals surface area contributed by atoms with Crippen LogP contribution in [0.5, 0.6) is 0 Å². The van der Waals surface area contributed by atoms with Gasteiger partial charge in [0, 0.05) is 10.9 Å². The molecule has 0 atom stereocenters. The lowest BCUT2D eigenvalue weighted by Gasteiger charge is -2.03. The summed E-state index contributed by atoms with van der Waals surface area (Å²) in [5.41, 5.74) is 5.53. The van der Waals surface area contributed by atoms with Gasteiger partial charge in [-0.15, -0.1) is 0 Å². The first-order valence-corrected chi connectivity index (χ1v) is 9.60. The number of furan rings is 2. The predicted molar refractivity (Wildman–Crippen MR) is 119 cm³/mol. The minimum atomic E-state index is 0.545. The second-order valence-corrected chi connectivity index (χ2v) is 6.76. The van der Waals surface area contributed by atoms with Crippen LogP contribution in [0.15, 0.2) is 106 Å². The van der Waals surface area contributed by atoms with Gasteiger partial charge >= 0.3 is 0 Å². The maximum Gasteiger partial charge on any atom is 0.192 e. The molecule has 2 heterocycles. The lowest BCUT2D eigenvalue weighted by Crippen LogP contribution is -1.83. The Hall–Kier alpha value is -4.40. The monoisotopic (exact) mass is 384 g/mol. The summed E-state index contributed by atoms with van der Waals surface area (Å²) in [5.74, 6) is 13.2. The maximum absolute atomic E-state index is 5.68. The van der Waals surface area contributed by atoms with Gasteiger partial charge in [-0.05, 0) is 53.4 Å². The molecule has 0 saturated carbocycles. The van der Waals surface area contributed by atoms with Crippen molar-refractivity contribution in [1.29, 1.82) is 0 Å². The van der Waals surface area contributed by atoms with Gasteiger partial charge in [0.15, 0.2) is 5.76 Å². The van der Waals surface area contributed by atoms with Crippen LogP contribution >= 0.6 is 0 Å². The first-order chi connectivity index (χ1) is 14.9. The molecule has 5 aromatic rings. The largest absolute Gasteiger partial charge is 0.463 e. The van der Waals surface area contributed by atoms with Crippen LogP contribution in [0.2, 0.25) is 0 Å². The summed E-state index contributed by atoms with van der Waals surface area (Å²) in [6, 6.07) is 28.0. The zero-order chi connectivity index (χ0) is 20.2. The fourth-order valence-electron chi connectivity index (χ4n) is 3.26. The Labute approximate surface area is 174 Å². The van der Waals surface area contributed by atoms with Crippen molar-refractivity contribution in [3.8, 4) is 34.8 Å². The van der Waals surface area contributed by atoms with Crippen LogP contribution in [0.3, 0.4) is 0 Å². The van der Waals surface area contributed by atoms with E-state index in [0.29, 0.717) is 5.76 Å². The van der Waals surface area contributed by atoms with Crippen molar-refractivity contribution in [2.75, 3.05) is 0 Å². The number of hydrogen-bond acceptors (Lipinski definition) is 2. The number of rotatable bonds is 1. The van der Waals surface area contributed by atoms with Crippen LogP contribution in [0.1, 0.15) is 22.5 Å². The number of hydrogen-bond donors (Lipinski definition) is 0. The molecule has 0 aliphatic carbocycles. The molecule has 0 unspecified atom stereocenters. The molecule has 0 fully saturated rings. The second kappa shape index (κ2) is 7.92. The Kier molecular flexibility index (Phi) is 4.67. The molecule has 30 heavy (non-hydrogen) atoms. The van der Waals surface area contributed by atoms with E-state index in [1.54, 1.807) is 12.5 Å². The van der Waals surface area contributed by atoms with Gasteiger partial charge in [-0.3, -0.25) is 0 Å². The normalized spacial score (nSPS) is 10.1. The van der Waals surface area contributed by atoms with Gasteiger partial charge in [-0.1, -0.05) is 66.3 Å². The van der Waals surface area contributed by atoms with Crippen LogP contribution in [-0.2, 0) is 0 Å². The van der Waals surface area contributed by atoms with Crippen LogP contribution in [0.25, 0.3) is 22.1 Å². The molecule has 0 N–H and O–H groups in total. The van der Waals surface area contributed by atoms with Crippen LogP contribution in [-0.4, -0.2) is 0 Å². The lowest BCUT2D eigenvalue weighted by atomic mass is 10.0. The summed E-state index contributed by atoms with van der Waals surface area (Å²) in [5, 5.41) is 1.02. The molecule has 0 aliphatic heterocycles. The van der Waals surface area contributed by atoms with Crippen molar-refractivity contribution in [2.45, 2.75) is 0 Å². The maximum atomic E-state index is 5.68. The highest BCUT2D eigenvalue weighted by atomic mass is 16.3. The second-order valence-electron chi connectivity index (χ2n) is 6.76. The van der Waals surface area contributed by atoms with Gasteiger partial charge in [0.1, 0.15) is 5.58 Å². The molecule has 2 aromatic heterocycles. The third-order valence-electron chi connectivity index (χ3n) is 4.75. The van der Waals surface area contributed by atoms with E-state index in [0.717, 1.165) is 38.8 Å². The summed E-state index contributed by atoms with van der Waals surface area (Å²) in [7, 11) is 0. The fourth-order valence-corrected chi connectivity index (χ4v) is 3.26. The Balaban J connectivity index is 1.54. The van der Waals surface area contributed by atoms with Crippen molar-refractivity contribution < 1.29 is 8.83 Å². The molecule has 3 aromatic carbocycles. The number of benzene rings is 3. The fraction of sp³-hybridized carbons (Fsp3) is 0. The molecule has 140 valence electrons.